The zero-order chi connectivity index (χ0) is 12.3. The van der Waals surface area contributed by atoms with E-state index in [1.165, 1.54) is 0 Å². The number of hydrogen-bond donors (Lipinski definition) is 0. The molecule has 0 saturated heterocycles. The van der Waals surface area contributed by atoms with Gasteiger partial charge in [-0.1, -0.05) is 13.0 Å². The average molecular weight is 231 g/mol. The molecule has 4 heteroatoms. The number of pyridine rings is 1. The Labute approximate surface area is 101 Å². The maximum atomic E-state index is 11.7. The number of imidazole rings is 1. The van der Waals surface area contributed by atoms with Gasteiger partial charge in [-0.05, 0) is 19.1 Å². The van der Waals surface area contributed by atoms with Crippen molar-refractivity contribution >= 4 is 11.6 Å². The normalized spacial score (nSPS) is 10.7. The number of amides is 1. The molecule has 2 heterocycles. The molecule has 2 rings (SSSR count). The van der Waals surface area contributed by atoms with Gasteiger partial charge in [0.05, 0.1) is 18.4 Å². The number of aromatic nitrogens is 2. The molecule has 1 amide bonds. The molecule has 0 bridgehead atoms. The number of carbonyl (C=O) groups excluding carboxylic acids is 1. The van der Waals surface area contributed by atoms with Crippen LogP contribution in [-0.2, 0) is 11.3 Å². The van der Waals surface area contributed by atoms with Crippen LogP contribution in [0.1, 0.15) is 26.0 Å². The second kappa shape index (κ2) is 4.99. The fourth-order valence-corrected chi connectivity index (χ4v) is 1.90. The van der Waals surface area contributed by atoms with E-state index in [-0.39, 0.29) is 5.91 Å². The number of nitrogens with zero attached hydrogens (tertiary/aromatic N) is 3. The van der Waals surface area contributed by atoms with Crippen LogP contribution in [0.25, 0.3) is 5.65 Å². The van der Waals surface area contributed by atoms with E-state index in [2.05, 4.69) is 4.98 Å². The largest absolute Gasteiger partial charge is 0.337 e. The van der Waals surface area contributed by atoms with E-state index in [1.807, 2.05) is 53.7 Å². The van der Waals surface area contributed by atoms with Crippen molar-refractivity contribution in [3.05, 3.63) is 36.3 Å². The molecule has 2 aromatic heterocycles. The Bertz CT molecular complexity index is 518. The van der Waals surface area contributed by atoms with Crippen LogP contribution in [0.2, 0.25) is 0 Å². The Morgan fingerprint density at radius 2 is 2.24 bits per heavy atom. The number of rotatable bonds is 4. The molecule has 0 aliphatic heterocycles. The topological polar surface area (TPSA) is 37.6 Å². The van der Waals surface area contributed by atoms with Crippen LogP contribution in [0.4, 0.5) is 0 Å². The summed E-state index contributed by atoms with van der Waals surface area (Å²) < 4.78 is 2.02. The van der Waals surface area contributed by atoms with Crippen LogP contribution < -0.4 is 0 Å². The third-order valence-corrected chi connectivity index (χ3v) is 2.88. The monoisotopic (exact) mass is 231 g/mol. The summed E-state index contributed by atoms with van der Waals surface area (Å²) >= 11 is 0. The first-order chi connectivity index (χ1) is 8.26. The summed E-state index contributed by atoms with van der Waals surface area (Å²) in [6.45, 7) is 5.23. The van der Waals surface area contributed by atoms with Crippen molar-refractivity contribution in [2.75, 3.05) is 6.54 Å². The molecule has 0 spiro atoms. The number of hydrogen-bond acceptors (Lipinski definition) is 2. The van der Waals surface area contributed by atoms with Gasteiger partial charge in [-0.3, -0.25) is 4.79 Å². The van der Waals surface area contributed by atoms with Crippen LogP contribution in [0.5, 0.6) is 0 Å². The first kappa shape index (κ1) is 11.6. The van der Waals surface area contributed by atoms with Gasteiger partial charge < -0.3 is 9.30 Å². The maximum Gasteiger partial charge on any atom is 0.222 e. The van der Waals surface area contributed by atoms with E-state index in [4.69, 9.17) is 0 Å². The Hall–Kier alpha value is -1.84. The van der Waals surface area contributed by atoms with E-state index in [9.17, 15) is 4.79 Å². The van der Waals surface area contributed by atoms with Gasteiger partial charge in [0.2, 0.25) is 5.91 Å². The van der Waals surface area contributed by atoms with Gasteiger partial charge in [0.15, 0.2) is 0 Å². The van der Waals surface area contributed by atoms with E-state index < -0.39 is 0 Å². The van der Waals surface area contributed by atoms with Gasteiger partial charge in [-0.2, -0.15) is 0 Å². The molecule has 0 fully saturated rings. The number of fused-ring (bicyclic) bond motifs is 1. The highest BCUT2D eigenvalue weighted by Gasteiger charge is 2.12. The molecular formula is C13H17N3O. The first-order valence-electron chi connectivity index (χ1n) is 5.95. The predicted octanol–water partition coefficient (Wildman–Crippen LogP) is 2.09. The quantitative estimate of drug-likeness (QED) is 0.808. The zero-order valence-corrected chi connectivity index (χ0v) is 10.3. The highest BCUT2D eigenvalue weighted by Crippen LogP contribution is 2.09. The molecule has 0 saturated carbocycles. The first-order valence-corrected chi connectivity index (χ1v) is 5.95. The smallest absolute Gasteiger partial charge is 0.222 e. The van der Waals surface area contributed by atoms with Crippen LogP contribution in [0.15, 0.2) is 30.6 Å². The lowest BCUT2D eigenvalue weighted by molar-refractivity contribution is -0.131. The molecular weight excluding hydrogens is 214 g/mol. The summed E-state index contributed by atoms with van der Waals surface area (Å²) in [7, 11) is 0. The lowest BCUT2D eigenvalue weighted by Gasteiger charge is -2.19. The fourth-order valence-electron chi connectivity index (χ4n) is 1.90. The van der Waals surface area contributed by atoms with Crippen molar-refractivity contribution in [1.82, 2.24) is 14.3 Å². The van der Waals surface area contributed by atoms with Crippen molar-refractivity contribution in [2.45, 2.75) is 26.8 Å². The Balaban J connectivity index is 2.25. The van der Waals surface area contributed by atoms with E-state index in [1.54, 1.807) is 0 Å². The fraction of sp³-hybridized carbons (Fsp3) is 0.385. The maximum absolute atomic E-state index is 11.7. The van der Waals surface area contributed by atoms with Gasteiger partial charge in [-0.25, -0.2) is 4.98 Å². The van der Waals surface area contributed by atoms with E-state index in [0.717, 1.165) is 17.9 Å². The third kappa shape index (κ3) is 2.30. The highest BCUT2D eigenvalue weighted by atomic mass is 16.2. The molecule has 90 valence electrons. The molecule has 0 N–H and O–H groups in total. The van der Waals surface area contributed by atoms with Crippen molar-refractivity contribution < 1.29 is 4.79 Å². The van der Waals surface area contributed by atoms with Gasteiger partial charge in [0, 0.05) is 19.2 Å². The van der Waals surface area contributed by atoms with Crippen molar-refractivity contribution in [3.63, 3.8) is 0 Å². The molecule has 17 heavy (non-hydrogen) atoms. The SMILES string of the molecule is CCC(=O)N(CC)Cc1cnc2ccccn12. The van der Waals surface area contributed by atoms with Crippen LogP contribution in [-0.4, -0.2) is 26.7 Å². The molecule has 0 aliphatic rings. The van der Waals surface area contributed by atoms with Crippen LogP contribution >= 0.6 is 0 Å². The molecule has 0 radical (unpaired) electrons. The third-order valence-electron chi connectivity index (χ3n) is 2.88. The molecule has 0 atom stereocenters. The number of carbonyl (C=O) groups is 1. The highest BCUT2D eigenvalue weighted by molar-refractivity contribution is 5.75. The van der Waals surface area contributed by atoms with Gasteiger partial charge in [0.1, 0.15) is 5.65 Å². The summed E-state index contributed by atoms with van der Waals surface area (Å²) in [6.07, 6.45) is 4.35. The second-order valence-electron chi connectivity index (χ2n) is 3.94. The Morgan fingerprint density at radius 1 is 1.41 bits per heavy atom. The molecule has 4 nitrogen and oxygen atoms in total. The summed E-state index contributed by atoms with van der Waals surface area (Å²) in [6, 6.07) is 5.89. The minimum atomic E-state index is 0.179. The lowest BCUT2D eigenvalue weighted by atomic mass is 10.3. The average Bonchev–Trinajstić information content (AvgIpc) is 2.78. The zero-order valence-electron chi connectivity index (χ0n) is 10.3. The standard InChI is InChI=1S/C13H17N3O/c1-3-13(17)15(4-2)10-11-9-14-12-7-5-6-8-16(11)12/h5-9H,3-4,10H2,1-2H3. The Morgan fingerprint density at radius 3 is 2.94 bits per heavy atom. The summed E-state index contributed by atoms with van der Waals surface area (Å²) in [5, 5.41) is 0. The summed E-state index contributed by atoms with van der Waals surface area (Å²) in [5.41, 5.74) is 1.96. The van der Waals surface area contributed by atoms with Gasteiger partial charge in [0.25, 0.3) is 0 Å². The van der Waals surface area contributed by atoms with Crippen LogP contribution in [0, 0.1) is 0 Å². The van der Waals surface area contributed by atoms with Crippen LogP contribution in [0.3, 0.4) is 0 Å². The second-order valence-corrected chi connectivity index (χ2v) is 3.94. The minimum absolute atomic E-state index is 0.179. The van der Waals surface area contributed by atoms with E-state index >= 15 is 0 Å². The Kier molecular flexibility index (Phi) is 3.42. The van der Waals surface area contributed by atoms with Gasteiger partial charge >= 0.3 is 0 Å². The molecule has 0 aliphatic carbocycles. The predicted molar refractivity (Wildman–Crippen MR) is 66.6 cm³/mol. The van der Waals surface area contributed by atoms with Crippen molar-refractivity contribution in [1.29, 1.82) is 0 Å². The van der Waals surface area contributed by atoms with Crippen molar-refractivity contribution in [3.8, 4) is 0 Å². The lowest BCUT2D eigenvalue weighted by Crippen LogP contribution is -2.29. The minimum Gasteiger partial charge on any atom is -0.337 e. The van der Waals surface area contributed by atoms with E-state index in [0.29, 0.717) is 13.0 Å². The summed E-state index contributed by atoms with van der Waals surface area (Å²) in [4.78, 5) is 17.9. The molecule has 0 unspecified atom stereocenters. The summed E-state index contributed by atoms with van der Waals surface area (Å²) in [5.74, 6) is 0.179. The molecule has 0 aromatic carbocycles. The van der Waals surface area contributed by atoms with Crippen molar-refractivity contribution in [2.24, 2.45) is 0 Å². The van der Waals surface area contributed by atoms with Gasteiger partial charge in [-0.15, -0.1) is 0 Å². The molecule has 2 aromatic rings.